The molecule has 1 aliphatic heterocycles. The highest BCUT2D eigenvalue weighted by molar-refractivity contribution is 7.10. The Labute approximate surface area is 145 Å². The lowest BCUT2D eigenvalue weighted by Crippen LogP contribution is -2.39. The Bertz CT molecular complexity index is 889. The Morgan fingerprint density at radius 2 is 2.25 bits per heavy atom. The third kappa shape index (κ3) is 2.91. The molecule has 4 heterocycles. The van der Waals surface area contributed by atoms with E-state index < -0.39 is 0 Å². The van der Waals surface area contributed by atoms with Gasteiger partial charge in [0.2, 0.25) is 0 Å². The van der Waals surface area contributed by atoms with Crippen LogP contribution in [0.2, 0.25) is 0 Å². The van der Waals surface area contributed by atoms with Crippen molar-refractivity contribution < 1.29 is 4.79 Å². The standard InChI is InChI=1S/C19H19N3OS/c1-13-8-16(12-24-13)19(23)22-7-3-5-15(11-22)18-9-17-14(10-21-18)4-2-6-20-17/h2,4,6,8-10,12,15H,3,5,7,11H2,1H3/t15-/m0/s1. The van der Waals surface area contributed by atoms with Crippen LogP contribution in [0.15, 0.2) is 42.0 Å². The first-order chi connectivity index (χ1) is 11.7. The minimum atomic E-state index is 0.142. The van der Waals surface area contributed by atoms with E-state index in [1.165, 1.54) is 4.88 Å². The Hall–Kier alpha value is -2.27. The molecule has 4 nitrogen and oxygen atoms in total. The zero-order chi connectivity index (χ0) is 16.5. The molecule has 5 heteroatoms. The van der Waals surface area contributed by atoms with Crippen LogP contribution in [0, 0.1) is 6.92 Å². The second-order valence-corrected chi connectivity index (χ2v) is 7.46. The summed E-state index contributed by atoms with van der Waals surface area (Å²) in [6.45, 7) is 3.60. The molecule has 24 heavy (non-hydrogen) atoms. The fraction of sp³-hybridized carbons (Fsp3) is 0.316. The van der Waals surface area contributed by atoms with Gasteiger partial charge in [-0.3, -0.25) is 14.8 Å². The number of aromatic nitrogens is 2. The van der Waals surface area contributed by atoms with Crippen molar-refractivity contribution in [1.82, 2.24) is 14.9 Å². The zero-order valence-corrected chi connectivity index (χ0v) is 14.4. The monoisotopic (exact) mass is 337 g/mol. The van der Waals surface area contributed by atoms with Crippen LogP contribution in [0.5, 0.6) is 0 Å². The van der Waals surface area contributed by atoms with Crippen LogP contribution >= 0.6 is 11.3 Å². The summed E-state index contributed by atoms with van der Waals surface area (Å²) in [6, 6.07) is 8.00. The molecule has 1 amide bonds. The number of pyridine rings is 2. The van der Waals surface area contributed by atoms with E-state index in [0.717, 1.165) is 48.1 Å². The molecule has 1 aliphatic rings. The topological polar surface area (TPSA) is 46.1 Å². The molecule has 0 bridgehead atoms. The average molecular weight is 337 g/mol. The molecular formula is C19H19N3OS. The van der Waals surface area contributed by atoms with Gasteiger partial charge in [0.1, 0.15) is 0 Å². The Kier molecular flexibility index (Phi) is 4.02. The number of aryl methyl sites for hydroxylation is 1. The number of thiophene rings is 1. The highest BCUT2D eigenvalue weighted by Crippen LogP contribution is 2.28. The van der Waals surface area contributed by atoms with Crippen LogP contribution in [0.25, 0.3) is 10.9 Å². The van der Waals surface area contributed by atoms with Gasteiger partial charge in [-0.1, -0.05) is 0 Å². The van der Waals surface area contributed by atoms with Crippen molar-refractivity contribution in [3.05, 3.63) is 58.2 Å². The molecule has 3 aromatic rings. The van der Waals surface area contributed by atoms with Gasteiger partial charge in [0.25, 0.3) is 5.91 Å². The largest absolute Gasteiger partial charge is 0.338 e. The maximum absolute atomic E-state index is 12.7. The number of likely N-dealkylation sites (tertiary alicyclic amines) is 1. The van der Waals surface area contributed by atoms with Crippen LogP contribution in [-0.2, 0) is 0 Å². The Morgan fingerprint density at radius 3 is 3.08 bits per heavy atom. The van der Waals surface area contributed by atoms with Crippen molar-refractivity contribution in [3.8, 4) is 0 Å². The first-order valence-electron chi connectivity index (χ1n) is 8.26. The first kappa shape index (κ1) is 15.3. The summed E-state index contributed by atoms with van der Waals surface area (Å²) >= 11 is 1.63. The summed E-state index contributed by atoms with van der Waals surface area (Å²) in [4.78, 5) is 24.9. The molecule has 3 aromatic heterocycles. The maximum atomic E-state index is 12.7. The SMILES string of the molecule is Cc1cc(C(=O)N2CCC[C@H](c3cc4ncccc4cn3)C2)cs1. The van der Waals surface area contributed by atoms with E-state index >= 15 is 0 Å². The maximum Gasteiger partial charge on any atom is 0.254 e. The second kappa shape index (κ2) is 6.32. The van der Waals surface area contributed by atoms with E-state index in [1.807, 2.05) is 47.8 Å². The summed E-state index contributed by atoms with van der Waals surface area (Å²) in [5.41, 5.74) is 2.82. The molecule has 1 atom stereocenters. The van der Waals surface area contributed by atoms with E-state index in [9.17, 15) is 4.79 Å². The fourth-order valence-electron chi connectivity index (χ4n) is 3.35. The van der Waals surface area contributed by atoms with Crippen LogP contribution in [0.3, 0.4) is 0 Å². The lowest BCUT2D eigenvalue weighted by atomic mass is 9.93. The van der Waals surface area contributed by atoms with Gasteiger partial charge in [-0.15, -0.1) is 11.3 Å². The van der Waals surface area contributed by atoms with Crippen LogP contribution in [-0.4, -0.2) is 33.9 Å². The van der Waals surface area contributed by atoms with Gasteiger partial charge in [0.05, 0.1) is 11.1 Å². The molecule has 0 N–H and O–H groups in total. The van der Waals surface area contributed by atoms with Gasteiger partial charge >= 0.3 is 0 Å². The van der Waals surface area contributed by atoms with Gasteiger partial charge < -0.3 is 4.90 Å². The van der Waals surface area contributed by atoms with E-state index in [2.05, 4.69) is 16.0 Å². The predicted octanol–water partition coefficient (Wildman–Crippen LogP) is 4.02. The van der Waals surface area contributed by atoms with Crippen LogP contribution in [0.1, 0.15) is 39.7 Å². The second-order valence-electron chi connectivity index (χ2n) is 6.34. The number of carbonyl (C=O) groups is 1. The van der Waals surface area contributed by atoms with Crippen molar-refractivity contribution in [2.75, 3.05) is 13.1 Å². The number of fused-ring (bicyclic) bond motifs is 1. The number of hydrogen-bond acceptors (Lipinski definition) is 4. The van der Waals surface area contributed by atoms with E-state index in [0.29, 0.717) is 0 Å². The molecule has 0 unspecified atom stereocenters. The van der Waals surface area contributed by atoms with Gasteiger partial charge in [0, 0.05) is 52.7 Å². The summed E-state index contributed by atoms with van der Waals surface area (Å²) < 4.78 is 0. The number of hydrogen-bond donors (Lipinski definition) is 0. The fourth-order valence-corrected chi connectivity index (χ4v) is 4.02. The van der Waals surface area contributed by atoms with E-state index in [1.54, 1.807) is 11.3 Å². The van der Waals surface area contributed by atoms with Gasteiger partial charge in [0.15, 0.2) is 0 Å². The molecule has 0 spiro atoms. The van der Waals surface area contributed by atoms with Gasteiger partial charge in [-0.25, -0.2) is 0 Å². The zero-order valence-electron chi connectivity index (χ0n) is 13.6. The number of nitrogens with zero attached hydrogens (tertiary/aromatic N) is 3. The third-order valence-corrected chi connectivity index (χ3v) is 5.47. The minimum absolute atomic E-state index is 0.142. The molecule has 1 fully saturated rings. The molecule has 122 valence electrons. The van der Waals surface area contributed by atoms with E-state index in [4.69, 9.17) is 0 Å². The van der Waals surface area contributed by atoms with Crippen molar-refractivity contribution >= 4 is 28.1 Å². The van der Waals surface area contributed by atoms with E-state index in [-0.39, 0.29) is 11.8 Å². The molecule has 1 saturated heterocycles. The summed E-state index contributed by atoms with van der Waals surface area (Å²) in [6.07, 6.45) is 5.78. The third-order valence-electron chi connectivity index (χ3n) is 4.61. The Balaban J connectivity index is 1.56. The lowest BCUT2D eigenvalue weighted by Gasteiger charge is -2.32. The van der Waals surface area contributed by atoms with Crippen molar-refractivity contribution in [2.45, 2.75) is 25.7 Å². The lowest BCUT2D eigenvalue weighted by molar-refractivity contribution is 0.0706. The van der Waals surface area contributed by atoms with Gasteiger partial charge in [-0.05, 0) is 44.0 Å². The normalized spacial score (nSPS) is 18.0. The summed E-state index contributed by atoms with van der Waals surface area (Å²) in [7, 11) is 0. The summed E-state index contributed by atoms with van der Waals surface area (Å²) in [5.74, 6) is 0.428. The summed E-state index contributed by atoms with van der Waals surface area (Å²) in [5, 5.41) is 3.01. The quantitative estimate of drug-likeness (QED) is 0.709. The molecule has 0 aliphatic carbocycles. The van der Waals surface area contributed by atoms with Crippen LogP contribution < -0.4 is 0 Å². The van der Waals surface area contributed by atoms with Crippen molar-refractivity contribution in [2.24, 2.45) is 0 Å². The molecule has 0 saturated carbocycles. The number of amides is 1. The molecule has 0 aromatic carbocycles. The molecule has 4 rings (SSSR count). The predicted molar refractivity (Wildman–Crippen MR) is 96.5 cm³/mol. The van der Waals surface area contributed by atoms with Crippen molar-refractivity contribution in [1.29, 1.82) is 0 Å². The number of piperidine rings is 1. The smallest absolute Gasteiger partial charge is 0.254 e. The van der Waals surface area contributed by atoms with Crippen molar-refractivity contribution in [3.63, 3.8) is 0 Å². The van der Waals surface area contributed by atoms with Crippen LogP contribution in [0.4, 0.5) is 0 Å². The first-order valence-corrected chi connectivity index (χ1v) is 9.14. The average Bonchev–Trinajstić information content (AvgIpc) is 3.07. The number of carbonyl (C=O) groups excluding carboxylic acids is 1. The Morgan fingerprint density at radius 1 is 1.33 bits per heavy atom. The molecule has 0 radical (unpaired) electrons. The highest BCUT2D eigenvalue weighted by Gasteiger charge is 2.26. The van der Waals surface area contributed by atoms with Gasteiger partial charge in [-0.2, -0.15) is 0 Å². The minimum Gasteiger partial charge on any atom is -0.338 e. The number of rotatable bonds is 2. The highest BCUT2D eigenvalue weighted by atomic mass is 32.1. The molecular weight excluding hydrogens is 318 g/mol.